The van der Waals surface area contributed by atoms with Gasteiger partial charge in [-0.25, -0.2) is 0 Å². The Kier molecular flexibility index (Phi) is 40.3. The first-order chi connectivity index (χ1) is 29.8. The van der Waals surface area contributed by atoms with Crippen LogP contribution in [0.25, 0.3) is 0 Å². The third kappa shape index (κ3) is 32.9. The quantitative estimate of drug-likeness (QED) is 0.0262. The number of nitrogens with one attached hydrogen (secondary N) is 1. The number of allylic oxidation sites excluding steroid dienone is 3. The molecule has 1 aliphatic rings. The van der Waals surface area contributed by atoms with Gasteiger partial charge < -0.3 is 40.3 Å². The largest absolute Gasteiger partial charge is 0.394 e. The van der Waals surface area contributed by atoms with Gasteiger partial charge in [0.05, 0.1) is 25.4 Å². The summed E-state index contributed by atoms with van der Waals surface area (Å²) < 4.78 is 11.2. The summed E-state index contributed by atoms with van der Waals surface area (Å²) in [4.78, 5) is 13.0. The number of rotatable bonds is 44. The van der Waals surface area contributed by atoms with Crippen LogP contribution in [-0.2, 0) is 14.3 Å². The summed E-state index contributed by atoms with van der Waals surface area (Å²) in [7, 11) is 0. The highest BCUT2D eigenvalue weighted by Crippen LogP contribution is 2.23. The van der Waals surface area contributed by atoms with Crippen molar-refractivity contribution in [3.8, 4) is 0 Å². The lowest BCUT2D eigenvalue weighted by molar-refractivity contribution is -0.302. The van der Waals surface area contributed by atoms with Crippen molar-refractivity contribution in [2.45, 2.75) is 288 Å². The highest BCUT2D eigenvalue weighted by molar-refractivity contribution is 5.76. The second kappa shape index (κ2) is 42.6. The molecule has 0 spiro atoms. The van der Waals surface area contributed by atoms with Gasteiger partial charge in [0.15, 0.2) is 6.29 Å². The van der Waals surface area contributed by atoms with Crippen LogP contribution in [0.5, 0.6) is 0 Å². The third-order valence-electron chi connectivity index (χ3n) is 12.5. The van der Waals surface area contributed by atoms with E-state index in [1.807, 2.05) is 6.08 Å². The van der Waals surface area contributed by atoms with Crippen LogP contribution in [-0.4, -0.2) is 87.5 Å². The number of carbonyl (C=O) groups is 1. The van der Waals surface area contributed by atoms with Crippen LogP contribution in [0.4, 0.5) is 0 Å². The fourth-order valence-corrected chi connectivity index (χ4v) is 8.33. The van der Waals surface area contributed by atoms with Crippen molar-refractivity contribution >= 4 is 5.91 Å². The first kappa shape index (κ1) is 57.7. The summed E-state index contributed by atoms with van der Waals surface area (Å²) in [5.74, 6) is -0.180. The molecule has 61 heavy (non-hydrogen) atoms. The van der Waals surface area contributed by atoms with Gasteiger partial charge in [-0.3, -0.25) is 4.79 Å². The van der Waals surface area contributed by atoms with Crippen molar-refractivity contribution in [1.82, 2.24) is 5.32 Å². The van der Waals surface area contributed by atoms with E-state index in [1.54, 1.807) is 6.08 Å². The molecule has 9 nitrogen and oxygen atoms in total. The Balaban J connectivity index is 2.27. The lowest BCUT2D eigenvalue weighted by atomic mass is 9.99. The first-order valence-electron chi connectivity index (χ1n) is 26.1. The Morgan fingerprint density at radius 3 is 1.34 bits per heavy atom. The summed E-state index contributed by atoms with van der Waals surface area (Å²) in [5.41, 5.74) is 0. The Morgan fingerprint density at radius 2 is 0.918 bits per heavy atom. The highest BCUT2D eigenvalue weighted by Gasteiger charge is 2.44. The van der Waals surface area contributed by atoms with Crippen LogP contribution in [0.15, 0.2) is 24.3 Å². The predicted molar refractivity (Wildman–Crippen MR) is 253 cm³/mol. The van der Waals surface area contributed by atoms with E-state index in [9.17, 15) is 30.3 Å². The van der Waals surface area contributed by atoms with E-state index in [0.717, 1.165) is 44.9 Å². The van der Waals surface area contributed by atoms with Crippen molar-refractivity contribution in [2.24, 2.45) is 0 Å². The van der Waals surface area contributed by atoms with Gasteiger partial charge in [-0.2, -0.15) is 0 Å². The Morgan fingerprint density at radius 1 is 0.541 bits per heavy atom. The van der Waals surface area contributed by atoms with Crippen LogP contribution in [0.3, 0.4) is 0 Å². The van der Waals surface area contributed by atoms with Gasteiger partial charge in [-0.1, -0.05) is 218 Å². The van der Waals surface area contributed by atoms with Crippen LogP contribution in [0.1, 0.15) is 245 Å². The normalized spacial score (nSPS) is 20.5. The number of unbranched alkanes of at least 4 members (excludes halogenated alkanes) is 32. The minimum atomic E-state index is -1.57. The molecule has 1 aliphatic heterocycles. The van der Waals surface area contributed by atoms with Gasteiger partial charge in [0.25, 0.3) is 0 Å². The third-order valence-corrected chi connectivity index (χ3v) is 12.5. The van der Waals surface area contributed by atoms with Gasteiger partial charge >= 0.3 is 0 Å². The summed E-state index contributed by atoms with van der Waals surface area (Å²) in [5, 5.41) is 54.3. The maximum absolute atomic E-state index is 13.0. The summed E-state index contributed by atoms with van der Waals surface area (Å²) in [6, 6.07) is -0.804. The number of hydrogen-bond donors (Lipinski definition) is 6. The lowest BCUT2D eigenvalue weighted by Crippen LogP contribution is -2.60. The molecule has 0 aromatic rings. The molecule has 0 saturated carbocycles. The van der Waals surface area contributed by atoms with Crippen molar-refractivity contribution in [3.63, 3.8) is 0 Å². The maximum Gasteiger partial charge on any atom is 0.220 e. The van der Waals surface area contributed by atoms with Gasteiger partial charge in [-0.05, 0) is 44.9 Å². The second-order valence-corrected chi connectivity index (χ2v) is 18.3. The second-order valence-electron chi connectivity index (χ2n) is 18.3. The molecule has 0 aromatic carbocycles. The minimum absolute atomic E-state index is 0.180. The van der Waals surface area contributed by atoms with Crippen LogP contribution in [0.2, 0.25) is 0 Å². The van der Waals surface area contributed by atoms with Crippen molar-refractivity contribution in [2.75, 3.05) is 13.2 Å². The number of aliphatic hydroxyl groups excluding tert-OH is 5. The fraction of sp³-hybridized carbons (Fsp3) is 0.904. The van der Waals surface area contributed by atoms with Crippen molar-refractivity contribution in [3.05, 3.63) is 24.3 Å². The molecule has 0 radical (unpaired) electrons. The van der Waals surface area contributed by atoms with Crippen LogP contribution >= 0.6 is 0 Å². The van der Waals surface area contributed by atoms with E-state index in [-0.39, 0.29) is 12.5 Å². The van der Waals surface area contributed by atoms with E-state index in [0.29, 0.717) is 6.42 Å². The standard InChI is InChI=1S/C52H99NO8/c1-3-5-7-9-11-13-15-17-19-20-21-22-23-24-25-26-28-29-31-33-35-37-39-41-46(55)45(44-60-52-51(59)50(58)49(57)47(43-54)61-52)53-48(56)42-40-38-36-34-32-30-27-18-16-14-12-10-8-6-4-2/h14,16,39,41,45-47,49-52,54-55,57-59H,3-13,15,17-38,40,42-44H2,1-2H3,(H,53,56)/b16-14-,41-39+. The van der Waals surface area contributed by atoms with Crippen molar-refractivity contribution in [1.29, 1.82) is 0 Å². The minimum Gasteiger partial charge on any atom is -0.394 e. The highest BCUT2D eigenvalue weighted by atomic mass is 16.7. The van der Waals surface area contributed by atoms with E-state index < -0.39 is 49.5 Å². The average Bonchev–Trinajstić information content (AvgIpc) is 3.26. The first-order valence-corrected chi connectivity index (χ1v) is 26.1. The topological polar surface area (TPSA) is 149 Å². The SMILES string of the molecule is CCCCCC/C=C\CCCCCCCCCC(=O)NC(COC1OC(CO)C(O)C(O)C1O)C(O)/C=C/CCCCCCCCCCCCCCCCCCCCCCC. The summed E-state index contributed by atoms with van der Waals surface area (Å²) in [6.07, 6.45) is 45.1. The van der Waals surface area contributed by atoms with Gasteiger partial charge in [0, 0.05) is 6.42 Å². The molecular weight excluding hydrogens is 767 g/mol. The molecule has 360 valence electrons. The van der Waals surface area contributed by atoms with Gasteiger partial charge in [0.2, 0.25) is 5.91 Å². The monoisotopic (exact) mass is 866 g/mol. The molecule has 0 aromatic heterocycles. The van der Waals surface area contributed by atoms with E-state index in [2.05, 4.69) is 31.3 Å². The molecule has 1 fully saturated rings. The fourth-order valence-electron chi connectivity index (χ4n) is 8.33. The lowest BCUT2D eigenvalue weighted by Gasteiger charge is -2.40. The molecule has 7 atom stereocenters. The zero-order chi connectivity index (χ0) is 44.4. The van der Waals surface area contributed by atoms with Crippen LogP contribution in [0, 0.1) is 0 Å². The number of ether oxygens (including phenoxy) is 2. The molecule has 1 rings (SSSR count). The van der Waals surface area contributed by atoms with Gasteiger partial charge in [0.1, 0.15) is 24.4 Å². The summed E-state index contributed by atoms with van der Waals surface area (Å²) in [6.45, 7) is 3.78. The molecule has 1 saturated heterocycles. The van der Waals surface area contributed by atoms with E-state index >= 15 is 0 Å². The Labute approximate surface area is 375 Å². The average molecular weight is 866 g/mol. The zero-order valence-corrected chi connectivity index (χ0v) is 39.7. The number of aliphatic hydroxyl groups is 5. The van der Waals surface area contributed by atoms with Crippen molar-refractivity contribution < 1.29 is 39.8 Å². The smallest absolute Gasteiger partial charge is 0.220 e. The molecule has 0 bridgehead atoms. The molecule has 6 N–H and O–H groups in total. The molecule has 0 aliphatic carbocycles. The zero-order valence-electron chi connectivity index (χ0n) is 39.7. The van der Waals surface area contributed by atoms with E-state index in [4.69, 9.17) is 9.47 Å². The Bertz CT molecular complexity index is 1010. The molecule has 1 amide bonds. The number of carbonyl (C=O) groups excluding carboxylic acids is 1. The summed E-state index contributed by atoms with van der Waals surface area (Å²) >= 11 is 0. The van der Waals surface area contributed by atoms with E-state index in [1.165, 1.54) is 180 Å². The van der Waals surface area contributed by atoms with Crippen LogP contribution < -0.4 is 5.32 Å². The number of hydrogen-bond acceptors (Lipinski definition) is 8. The predicted octanol–water partition coefficient (Wildman–Crippen LogP) is 11.8. The molecule has 1 heterocycles. The molecule has 9 heteroatoms. The van der Waals surface area contributed by atoms with Gasteiger partial charge in [-0.15, -0.1) is 0 Å². The number of amides is 1. The molecular formula is C52H99NO8. The Hall–Kier alpha value is -1.33. The molecule has 7 unspecified atom stereocenters. The maximum atomic E-state index is 13.0.